The molecule has 0 spiro atoms. The Labute approximate surface area is 263 Å². The van der Waals surface area contributed by atoms with Crippen LogP contribution in [0.15, 0.2) is 61.4 Å². The molecule has 0 aliphatic carbocycles. The number of benzene rings is 1. The highest BCUT2D eigenvalue weighted by molar-refractivity contribution is 7.17. The van der Waals surface area contributed by atoms with Gasteiger partial charge in [-0.2, -0.15) is 0 Å². The number of nitrogens with one attached hydrogen (secondary N) is 2. The van der Waals surface area contributed by atoms with E-state index in [2.05, 4.69) is 27.1 Å². The number of hydrogen-bond acceptors (Lipinski definition) is 10. The predicted octanol–water partition coefficient (Wildman–Crippen LogP) is 5.55. The van der Waals surface area contributed by atoms with Crippen molar-refractivity contribution in [3.63, 3.8) is 0 Å². The molecular weight excluding hydrogens is 602 g/mol. The summed E-state index contributed by atoms with van der Waals surface area (Å²) in [5.41, 5.74) is 2.84. The summed E-state index contributed by atoms with van der Waals surface area (Å²) < 4.78 is 11.7. The van der Waals surface area contributed by atoms with Gasteiger partial charge in [-0.3, -0.25) is 9.59 Å². The number of halogens is 1. The van der Waals surface area contributed by atoms with E-state index < -0.39 is 0 Å². The van der Waals surface area contributed by atoms with E-state index in [1.807, 2.05) is 42.2 Å². The fourth-order valence-corrected chi connectivity index (χ4v) is 6.26. The lowest BCUT2D eigenvalue weighted by atomic mass is 10.1. The van der Waals surface area contributed by atoms with Crippen molar-refractivity contribution in [3.05, 3.63) is 76.9 Å². The van der Waals surface area contributed by atoms with Gasteiger partial charge in [0.15, 0.2) is 28.3 Å². The number of carbonyl (C=O) groups is 2. The number of rotatable bonds is 7. The normalized spacial score (nSPS) is 15.8. The molecule has 4 aromatic rings. The molecule has 2 aliphatic rings. The van der Waals surface area contributed by atoms with Gasteiger partial charge in [0.05, 0.1) is 42.4 Å². The average Bonchev–Trinajstić information content (AvgIpc) is 3.43. The first-order chi connectivity index (χ1) is 21.3. The number of pyridine rings is 2. The molecule has 11 nitrogen and oxygen atoms in total. The molecule has 5 heterocycles. The predicted molar refractivity (Wildman–Crippen MR) is 172 cm³/mol. The molecule has 1 saturated heterocycles. The second-order valence-electron chi connectivity index (χ2n) is 10.3. The third-order valence-electron chi connectivity index (χ3n) is 7.57. The van der Waals surface area contributed by atoms with Crippen molar-refractivity contribution in [2.75, 3.05) is 48.9 Å². The maximum Gasteiger partial charge on any atom is 0.267 e. The van der Waals surface area contributed by atoms with Crippen LogP contribution in [0.3, 0.4) is 0 Å². The number of piperazine rings is 1. The highest BCUT2D eigenvalue weighted by Crippen LogP contribution is 2.37. The van der Waals surface area contributed by atoms with Crippen LogP contribution in [0.5, 0.6) is 11.5 Å². The van der Waals surface area contributed by atoms with Crippen LogP contribution in [0.2, 0.25) is 5.02 Å². The van der Waals surface area contributed by atoms with Gasteiger partial charge in [0, 0.05) is 37.8 Å². The van der Waals surface area contributed by atoms with Crippen molar-refractivity contribution in [3.8, 4) is 22.8 Å². The Balaban J connectivity index is 1.21. The smallest absolute Gasteiger partial charge is 0.267 e. The van der Waals surface area contributed by atoms with Gasteiger partial charge in [0.2, 0.25) is 5.91 Å². The second-order valence-corrected chi connectivity index (χ2v) is 11.7. The Morgan fingerprint density at radius 2 is 2.07 bits per heavy atom. The number of anilines is 4. The minimum Gasteiger partial charge on any atom is -0.493 e. The molecule has 6 rings (SSSR count). The van der Waals surface area contributed by atoms with E-state index in [1.165, 1.54) is 23.6 Å². The molecule has 44 heavy (non-hydrogen) atoms. The third kappa shape index (κ3) is 5.90. The van der Waals surface area contributed by atoms with Crippen LogP contribution in [0.4, 0.5) is 22.5 Å². The monoisotopic (exact) mass is 631 g/mol. The van der Waals surface area contributed by atoms with Gasteiger partial charge in [-0.25, -0.2) is 15.0 Å². The summed E-state index contributed by atoms with van der Waals surface area (Å²) in [4.78, 5) is 43.5. The minimum absolute atomic E-state index is 0.0576. The molecule has 0 unspecified atom stereocenters. The van der Waals surface area contributed by atoms with Crippen LogP contribution in [0, 0.1) is 6.92 Å². The number of methoxy groups -OCH3 is 1. The topological polar surface area (TPSA) is 122 Å². The molecule has 0 saturated carbocycles. The summed E-state index contributed by atoms with van der Waals surface area (Å²) in [5.74, 6) is 2.01. The minimum atomic E-state index is -0.313. The van der Waals surface area contributed by atoms with E-state index >= 15 is 0 Å². The highest BCUT2D eigenvalue weighted by Gasteiger charge is 2.33. The number of carbonyl (C=O) groups excluding carboxylic acids is 2. The van der Waals surface area contributed by atoms with Crippen molar-refractivity contribution in [1.29, 1.82) is 0 Å². The maximum absolute atomic E-state index is 12.9. The van der Waals surface area contributed by atoms with Crippen LogP contribution >= 0.6 is 22.9 Å². The molecule has 226 valence electrons. The summed E-state index contributed by atoms with van der Waals surface area (Å²) in [6.45, 7) is 7.86. The first kappa shape index (κ1) is 29.4. The van der Waals surface area contributed by atoms with E-state index in [0.29, 0.717) is 70.0 Å². The fraction of sp³-hybridized carbons (Fsp3) is 0.258. The zero-order valence-electron chi connectivity index (χ0n) is 24.2. The first-order valence-electron chi connectivity index (χ1n) is 14.0. The van der Waals surface area contributed by atoms with Crippen LogP contribution in [0.1, 0.15) is 21.7 Å². The number of amides is 2. The third-order valence-corrected chi connectivity index (χ3v) is 8.80. The highest BCUT2D eigenvalue weighted by atomic mass is 35.5. The lowest BCUT2D eigenvalue weighted by Gasteiger charge is -2.40. The number of aromatic nitrogens is 3. The van der Waals surface area contributed by atoms with Crippen molar-refractivity contribution in [2.45, 2.75) is 19.4 Å². The van der Waals surface area contributed by atoms with E-state index in [9.17, 15) is 9.59 Å². The number of fused-ring (bicyclic) bond motifs is 3. The Hall–Kier alpha value is -4.68. The summed E-state index contributed by atoms with van der Waals surface area (Å²) in [6.07, 6.45) is 5.40. The number of hydrogen-bond donors (Lipinski definition) is 2. The quantitative estimate of drug-likeness (QED) is 0.253. The number of thiazole rings is 1. The van der Waals surface area contributed by atoms with Crippen molar-refractivity contribution in [1.82, 2.24) is 19.9 Å². The molecule has 1 fully saturated rings. The SMILES string of the molecule is C=CC(=O)N1CCN2c3ncc(-c4ccc(OC)c(Nc5ncc(C(=O)Nc6c(C)cccc6Cl)s5)n4)cc3OCC[C@@H]2C1. The zero-order chi connectivity index (χ0) is 30.8. The molecule has 2 amide bonds. The molecular formula is C31H30ClN7O4S. The number of ether oxygens (including phenoxy) is 2. The van der Waals surface area contributed by atoms with E-state index in [1.54, 1.807) is 19.4 Å². The van der Waals surface area contributed by atoms with Gasteiger partial charge < -0.3 is 29.9 Å². The summed E-state index contributed by atoms with van der Waals surface area (Å²) in [7, 11) is 1.56. The van der Waals surface area contributed by atoms with Gasteiger partial charge in [-0.15, -0.1) is 0 Å². The van der Waals surface area contributed by atoms with Crippen LogP contribution in [0.25, 0.3) is 11.3 Å². The molecule has 1 aromatic carbocycles. The lowest BCUT2D eigenvalue weighted by molar-refractivity contribution is -0.126. The molecule has 0 bridgehead atoms. The van der Waals surface area contributed by atoms with Crippen LogP contribution in [-0.4, -0.2) is 71.1 Å². The zero-order valence-corrected chi connectivity index (χ0v) is 25.7. The largest absolute Gasteiger partial charge is 0.493 e. The lowest BCUT2D eigenvalue weighted by Crippen LogP contribution is -2.54. The van der Waals surface area contributed by atoms with Gasteiger partial charge in [-0.05, 0) is 42.8 Å². The van der Waals surface area contributed by atoms with Gasteiger partial charge in [0.25, 0.3) is 5.91 Å². The van der Waals surface area contributed by atoms with Crippen molar-refractivity contribution >= 4 is 57.2 Å². The summed E-state index contributed by atoms with van der Waals surface area (Å²) >= 11 is 7.46. The van der Waals surface area contributed by atoms with E-state index in [4.69, 9.17) is 31.0 Å². The van der Waals surface area contributed by atoms with Crippen LogP contribution < -0.4 is 25.0 Å². The molecule has 13 heteroatoms. The van der Waals surface area contributed by atoms with Crippen molar-refractivity contribution < 1.29 is 19.1 Å². The van der Waals surface area contributed by atoms with Gasteiger partial charge in [0.1, 0.15) is 4.88 Å². The molecule has 2 aliphatic heterocycles. The fourth-order valence-electron chi connectivity index (χ4n) is 5.28. The van der Waals surface area contributed by atoms with Gasteiger partial charge >= 0.3 is 0 Å². The van der Waals surface area contributed by atoms with E-state index in [-0.39, 0.29) is 17.9 Å². The number of para-hydroxylation sites is 1. The first-order valence-corrected chi connectivity index (χ1v) is 15.2. The Bertz CT molecular complexity index is 1730. The Kier molecular flexibility index (Phi) is 8.36. The Morgan fingerprint density at radius 1 is 1.20 bits per heavy atom. The van der Waals surface area contributed by atoms with Crippen LogP contribution in [-0.2, 0) is 4.79 Å². The number of aryl methyl sites for hydroxylation is 1. The van der Waals surface area contributed by atoms with Crippen molar-refractivity contribution in [2.24, 2.45) is 0 Å². The maximum atomic E-state index is 12.9. The average molecular weight is 632 g/mol. The van der Waals surface area contributed by atoms with Gasteiger partial charge in [-0.1, -0.05) is 41.6 Å². The summed E-state index contributed by atoms with van der Waals surface area (Å²) in [6, 6.07) is 11.1. The second kappa shape index (κ2) is 12.5. The standard InChI is InChI=1S/C31H30ClN7O4S/c1-4-26(40)38-11-12-39-20(17-38)10-13-43-24-14-19(15-33-29(24)39)22-8-9-23(42-3)28(35-22)37-31-34-16-25(44-31)30(41)36-27-18(2)6-5-7-21(27)32/h4-9,14-16,20H,1,10-13,17H2,2-3H3,(H,36,41)(H,34,35,37)/t20-/m1/s1. The number of nitrogens with zero attached hydrogens (tertiary/aromatic N) is 5. The Morgan fingerprint density at radius 3 is 2.86 bits per heavy atom. The van der Waals surface area contributed by atoms with E-state index in [0.717, 1.165) is 23.4 Å². The molecule has 0 radical (unpaired) electrons. The molecule has 2 N–H and O–H groups in total. The molecule has 3 aromatic heterocycles. The molecule has 1 atom stereocenters. The summed E-state index contributed by atoms with van der Waals surface area (Å²) in [5, 5.41) is 6.99.